The van der Waals surface area contributed by atoms with Crippen molar-refractivity contribution in [3.63, 3.8) is 0 Å². The fourth-order valence-electron chi connectivity index (χ4n) is 7.93. The van der Waals surface area contributed by atoms with Gasteiger partial charge in [-0.25, -0.2) is 5.84 Å². The SMILES string of the molecule is COc1ccc(COC(=O)[C@H]2CCCC[C@H]2C(=O)N2CCc3c(C)ccc(OC/C(N)=C/N(N)C(C)C)c3[C@H]2CN2Cc3ccccc3C2=O)c(OC)c1. The number of esters is 1. The van der Waals surface area contributed by atoms with Crippen LogP contribution in [0.5, 0.6) is 17.2 Å². The molecular weight excluding hydrogens is 686 g/mol. The molecule has 0 saturated heterocycles. The van der Waals surface area contributed by atoms with Gasteiger partial charge < -0.3 is 39.5 Å². The molecule has 1 saturated carbocycles. The van der Waals surface area contributed by atoms with Crippen LogP contribution in [0.15, 0.2) is 66.5 Å². The zero-order valence-electron chi connectivity index (χ0n) is 32.0. The molecular formula is C42H53N5O7. The third-order valence-corrected chi connectivity index (χ3v) is 11.0. The quantitative estimate of drug-likeness (QED) is 0.132. The summed E-state index contributed by atoms with van der Waals surface area (Å²) in [5.74, 6) is 6.13. The van der Waals surface area contributed by atoms with Gasteiger partial charge in [-0.2, -0.15) is 0 Å². The first-order valence-corrected chi connectivity index (χ1v) is 18.8. The lowest BCUT2D eigenvalue weighted by atomic mass is 9.77. The molecule has 0 unspecified atom stereocenters. The van der Waals surface area contributed by atoms with Gasteiger partial charge in [-0.05, 0) is 81.0 Å². The number of methoxy groups -OCH3 is 2. The maximum absolute atomic E-state index is 14.9. The Morgan fingerprint density at radius 3 is 2.48 bits per heavy atom. The van der Waals surface area contributed by atoms with Crippen LogP contribution >= 0.6 is 0 Å². The minimum absolute atomic E-state index is 0.0113. The molecule has 2 aliphatic heterocycles. The van der Waals surface area contributed by atoms with Gasteiger partial charge in [0.25, 0.3) is 5.91 Å². The first kappa shape index (κ1) is 38.5. The molecule has 288 valence electrons. The maximum atomic E-state index is 14.9. The fraction of sp³-hybridized carbons (Fsp3) is 0.452. The van der Waals surface area contributed by atoms with E-state index in [4.69, 9.17) is 30.5 Å². The Bertz CT molecular complexity index is 1890. The number of aryl methyl sites for hydroxylation is 1. The van der Waals surface area contributed by atoms with Crippen molar-refractivity contribution in [3.05, 3.63) is 99.9 Å². The summed E-state index contributed by atoms with van der Waals surface area (Å²) in [4.78, 5) is 46.2. The highest BCUT2D eigenvalue weighted by molar-refractivity contribution is 5.98. The van der Waals surface area contributed by atoms with Crippen molar-refractivity contribution in [1.29, 1.82) is 0 Å². The molecule has 3 aromatic carbocycles. The Kier molecular flexibility index (Phi) is 12.0. The van der Waals surface area contributed by atoms with E-state index in [0.29, 0.717) is 66.4 Å². The van der Waals surface area contributed by atoms with Crippen molar-refractivity contribution in [1.82, 2.24) is 14.8 Å². The molecule has 3 atom stereocenters. The standard InChI is InChI=1S/C42H53N5O7/c1-26(2)47(44)22-30(43)25-53-37-17-14-27(3)32-18-19-46(36(39(32)37)23-45-21-28-10-6-7-11-33(28)40(45)48)41(49)34-12-8-9-13-35(34)42(50)54-24-29-15-16-31(51-4)20-38(29)52-5/h6-7,10-11,14-17,20,22,26,34-36H,8-9,12-13,18-19,21,23-25,43-44H2,1-5H3/b30-22-/t34-,35+,36-/m1/s1. The van der Waals surface area contributed by atoms with Crippen molar-refractivity contribution in [3.8, 4) is 17.2 Å². The molecule has 3 aromatic rings. The molecule has 2 heterocycles. The number of nitrogens with zero attached hydrogens (tertiary/aromatic N) is 3. The number of carbonyl (C=O) groups excluding carboxylic acids is 3. The van der Waals surface area contributed by atoms with E-state index >= 15 is 0 Å². The number of hydrogen-bond acceptors (Lipinski definition) is 10. The highest BCUT2D eigenvalue weighted by Gasteiger charge is 2.44. The van der Waals surface area contributed by atoms with Crippen LogP contribution in [-0.2, 0) is 33.9 Å². The predicted octanol–water partition coefficient (Wildman–Crippen LogP) is 5.41. The van der Waals surface area contributed by atoms with Crippen molar-refractivity contribution in [2.75, 3.05) is 33.9 Å². The topological polar surface area (TPSA) is 150 Å². The zero-order valence-corrected chi connectivity index (χ0v) is 32.0. The number of ether oxygens (including phenoxy) is 4. The van der Waals surface area contributed by atoms with Gasteiger partial charge >= 0.3 is 5.97 Å². The Balaban J connectivity index is 1.30. The molecule has 1 fully saturated rings. The minimum Gasteiger partial charge on any atom is -0.497 e. The molecule has 12 nitrogen and oxygen atoms in total. The summed E-state index contributed by atoms with van der Waals surface area (Å²) in [6.45, 7) is 7.22. The van der Waals surface area contributed by atoms with Gasteiger partial charge in [-0.1, -0.05) is 37.1 Å². The van der Waals surface area contributed by atoms with Gasteiger partial charge in [0.2, 0.25) is 5.91 Å². The predicted molar refractivity (Wildman–Crippen MR) is 204 cm³/mol. The second kappa shape index (κ2) is 16.8. The Labute approximate surface area is 317 Å². The molecule has 0 aromatic heterocycles. The monoisotopic (exact) mass is 739 g/mol. The number of fused-ring (bicyclic) bond motifs is 2. The number of benzene rings is 3. The van der Waals surface area contributed by atoms with Crippen molar-refractivity contribution in [2.45, 2.75) is 78.1 Å². The third kappa shape index (κ3) is 8.13. The maximum Gasteiger partial charge on any atom is 0.310 e. The van der Waals surface area contributed by atoms with Gasteiger partial charge in [0.15, 0.2) is 0 Å². The van der Waals surface area contributed by atoms with E-state index in [2.05, 4.69) is 6.92 Å². The van der Waals surface area contributed by atoms with E-state index in [0.717, 1.165) is 35.1 Å². The fourth-order valence-corrected chi connectivity index (χ4v) is 7.93. The first-order valence-electron chi connectivity index (χ1n) is 18.8. The van der Waals surface area contributed by atoms with Crippen LogP contribution in [0.25, 0.3) is 0 Å². The highest BCUT2D eigenvalue weighted by atomic mass is 16.5. The van der Waals surface area contributed by atoms with Crippen LogP contribution < -0.4 is 25.8 Å². The molecule has 0 spiro atoms. The molecule has 0 bridgehead atoms. The Morgan fingerprint density at radius 2 is 1.76 bits per heavy atom. The van der Waals surface area contributed by atoms with Gasteiger partial charge in [-0.15, -0.1) is 0 Å². The molecule has 0 radical (unpaired) electrons. The van der Waals surface area contributed by atoms with E-state index < -0.39 is 23.8 Å². The summed E-state index contributed by atoms with van der Waals surface area (Å²) in [5, 5.41) is 1.53. The average molecular weight is 740 g/mol. The largest absolute Gasteiger partial charge is 0.497 e. The van der Waals surface area contributed by atoms with E-state index in [1.165, 1.54) is 5.01 Å². The summed E-state index contributed by atoms with van der Waals surface area (Å²) in [6.07, 6.45) is 5.03. The highest BCUT2D eigenvalue weighted by Crippen LogP contribution is 2.43. The van der Waals surface area contributed by atoms with Gasteiger partial charge in [-0.3, -0.25) is 14.4 Å². The van der Waals surface area contributed by atoms with Crippen LogP contribution in [0.3, 0.4) is 0 Å². The number of nitrogens with two attached hydrogens (primary N) is 2. The number of rotatable bonds is 13. The van der Waals surface area contributed by atoms with Crippen LogP contribution in [0.4, 0.5) is 0 Å². The van der Waals surface area contributed by atoms with Crippen LogP contribution in [-0.4, -0.2) is 72.6 Å². The van der Waals surface area contributed by atoms with Crippen LogP contribution in [0.1, 0.15) is 83.7 Å². The molecule has 6 rings (SSSR count). The lowest BCUT2D eigenvalue weighted by molar-refractivity contribution is -0.159. The van der Waals surface area contributed by atoms with Crippen molar-refractivity contribution >= 4 is 17.8 Å². The van der Waals surface area contributed by atoms with E-state index in [1.54, 1.807) is 32.6 Å². The molecule has 2 amide bonds. The molecule has 12 heteroatoms. The summed E-state index contributed by atoms with van der Waals surface area (Å²) in [7, 11) is 3.13. The van der Waals surface area contributed by atoms with Gasteiger partial charge in [0.1, 0.15) is 30.5 Å². The number of hydrogen-bond donors (Lipinski definition) is 2. The van der Waals surface area contributed by atoms with Crippen molar-refractivity contribution in [2.24, 2.45) is 23.4 Å². The molecule has 4 N–H and O–H groups in total. The number of amides is 2. The van der Waals surface area contributed by atoms with Gasteiger partial charge in [0, 0.05) is 54.6 Å². The summed E-state index contributed by atoms with van der Waals surface area (Å²) < 4.78 is 23.1. The Morgan fingerprint density at radius 1 is 1.00 bits per heavy atom. The average Bonchev–Trinajstić information content (AvgIpc) is 3.50. The lowest BCUT2D eigenvalue weighted by Crippen LogP contribution is -2.50. The van der Waals surface area contributed by atoms with Crippen LogP contribution in [0.2, 0.25) is 0 Å². The molecule has 54 heavy (non-hydrogen) atoms. The number of hydrazine groups is 1. The second-order valence-corrected chi connectivity index (χ2v) is 14.7. The first-order chi connectivity index (χ1) is 26.0. The smallest absolute Gasteiger partial charge is 0.310 e. The van der Waals surface area contributed by atoms with Crippen LogP contribution in [0, 0.1) is 18.8 Å². The second-order valence-electron chi connectivity index (χ2n) is 14.7. The van der Waals surface area contributed by atoms with E-state index in [-0.39, 0.29) is 37.6 Å². The van der Waals surface area contributed by atoms with E-state index in [9.17, 15) is 14.4 Å². The third-order valence-electron chi connectivity index (χ3n) is 11.0. The summed E-state index contributed by atoms with van der Waals surface area (Å²) >= 11 is 0. The van der Waals surface area contributed by atoms with Gasteiger partial charge in [0.05, 0.1) is 37.8 Å². The number of carbonyl (C=O) groups is 3. The minimum atomic E-state index is -0.603. The zero-order chi connectivity index (χ0) is 38.5. The van der Waals surface area contributed by atoms with E-state index in [1.807, 2.05) is 66.1 Å². The lowest BCUT2D eigenvalue weighted by Gasteiger charge is -2.43. The van der Waals surface area contributed by atoms with Crippen molar-refractivity contribution < 1.29 is 33.3 Å². The summed E-state index contributed by atoms with van der Waals surface area (Å²) in [6, 6.07) is 16.4. The normalized spacial score (nSPS) is 19.6. The molecule has 3 aliphatic rings. The Hall–Kier alpha value is -5.23. The summed E-state index contributed by atoms with van der Waals surface area (Å²) in [5.41, 5.74) is 12.2. The molecule has 1 aliphatic carbocycles.